The summed E-state index contributed by atoms with van der Waals surface area (Å²) in [6.07, 6.45) is 2.43. The number of carbonyl (C=O) groups is 1. The number of carbonyl (C=O) groups excluding carboxylic acids is 1. The normalized spacial score (nSPS) is 15.0. The van der Waals surface area contributed by atoms with Gasteiger partial charge in [0.2, 0.25) is 5.91 Å². The number of hydrogen-bond acceptors (Lipinski definition) is 7. The second-order valence-corrected chi connectivity index (χ2v) is 7.58. The highest BCUT2D eigenvalue weighted by Crippen LogP contribution is 2.15. The summed E-state index contributed by atoms with van der Waals surface area (Å²) in [7, 11) is 0. The molecule has 164 valence electrons. The lowest BCUT2D eigenvalue weighted by Crippen LogP contribution is -2.50. The van der Waals surface area contributed by atoms with Crippen molar-refractivity contribution in [1.82, 2.24) is 24.3 Å². The summed E-state index contributed by atoms with van der Waals surface area (Å²) in [6, 6.07) is 1.62. The molecule has 1 N–H and O–H groups in total. The monoisotopic (exact) mass is 436 g/mol. The predicted octanol–water partition coefficient (Wildman–Crippen LogP) is 1.45. The van der Waals surface area contributed by atoms with Gasteiger partial charge in [-0.25, -0.2) is 9.97 Å². The second kappa shape index (κ2) is 10.7. The van der Waals surface area contributed by atoms with E-state index in [-0.39, 0.29) is 29.0 Å². The lowest BCUT2D eigenvalue weighted by atomic mass is 10.3. The molecular formula is C20H29ClN6O3. The van der Waals surface area contributed by atoms with Gasteiger partial charge in [-0.05, 0) is 13.0 Å². The molecule has 3 heterocycles. The number of piperazine rings is 1. The van der Waals surface area contributed by atoms with Crippen LogP contribution in [-0.4, -0.2) is 82.7 Å². The zero-order valence-electron chi connectivity index (χ0n) is 17.6. The number of nitrogens with zero attached hydrogens (tertiary/aromatic N) is 5. The van der Waals surface area contributed by atoms with Crippen molar-refractivity contribution in [1.29, 1.82) is 0 Å². The molecule has 1 saturated heterocycles. The van der Waals surface area contributed by atoms with Gasteiger partial charge >= 0.3 is 0 Å². The lowest BCUT2D eigenvalue weighted by Gasteiger charge is -2.34. The molecule has 9 nitrogen and oxygen atoms in total. The fourth-order valence-corrected chi connectivity index (χ4v) is 3.60. The highest BCUT2D eigenvalue weighted by atomic mass is 35.5. The Hall–Kier alpha value is -2.23. The molecule has 0 bridgehead atoms. The Bertz CT molecular complexity index is 927. The number of hydrogen-bond donors (Lipinski definition) is 1. The van der Waals surface area contributed by atoms with Crippen molar-refractivity contribution in [2.75, 3.05) is 57.8 Å². The Kier molecular flexibility index (Phi) is 8.01. The first-order valence-corrected chi connectivity index (χ1v) is 10.8. The number of nitrogens with one attached hydrogen (secondary N) is 1. The van der Waals surface area contributed by atoms with E-state index >= 15 is 0 Å². The van der Waals surface area contributed by atoms with E-state index in [1.54, 1.807) is 10.6 Å². The quantitative estimate of drug-likeness (QED) is 0.469. The van der Waals surface area contributed by atoms with E-state index < -0.39 is 0 Å². The van der Waals surface area contributed by atoms with Crippen LogP contribution in [0.2, 0.25) is 5.15 Å². The molecule has 1 aliphatic rings. The average Bonchev–Trinajstić information content (AvgIpc) is 2.76. The molecule has 0 aromatic carbocycles. The summed E-state index contributed by atoms with van der Waals surface area (Å²) < 4.78 is 7.11. The Morgan fingerprint density at radius 2 is 2.00 bits per heavy atom. The summed E-state index contributed by atoms with van der Waals surface area (Å²) in [5, 5.41) is 3.22. The van der Waals surface area contributed by atoms with Gasteiger partial charge < -0.3 is 24.4 Å². The largest absolute Gasteiger partial charge is 0.380 e. The van der Waals surface area contributed by atoms with E-state index in [1.807, 2.05) is 11.8 Å². The van der Waals surface area contributed by atoms with Gasteiger partial charge in [-0.1, -0.05) is 25.4 Å². The Labute approximate surface area is 181 Å². The van der Waals surface area contributed by atoms with E-state index in [4.69, 9.17) is 16.3 Å². The van der Waals surface area contributed by atoms with Gasteiger partial charge in [0.05, 0.1) is 24.9 Å². The number of aromatic nitrogens is 3. The molecule has 0 radical (unpaired) electrons. The van der Waals surface area contributed by atoms with Gasteiger partial charge in [-0.15, -0.1) is 0 Å². The average molecular weight is 437 g/mol. The molecule has 2 aromatic heterocycles. The van der Waals surface area contributed by atoms with E-state index in [0.29, 0.717) is 43.9 Å². The summed E-state index contributed by atoms with van der Waals surface area (Å²) in [6.45, 7) is 9.67. The molecule has 30 heavy (non-hydrogen) atoms. The molecule has 10 heteroatoms. The predicted molar refractivity (Wildman–Crippen MR) is 117 cm³/mol. The van der Waals surface area contributed by atoms with Crippen molar-refractivity contribution < 1.29 is 9.53 Å². The van der Waals surface area contributed by atoms with Crippen molar-refractivity contribution in [2.45, 2.75) is 26.8 Å². The SMILES string of the molecule is CCCOCCn1c(=O)c(NCC(=O)N2CCN(CC)CC2)nc2cnc(Cl)cc21. The van der Waals surface area contributed by atoms with Crippen LogP contribution in [-0.2, 0) is 16.1 Å². The zero-order chi connectivity index (χ0) is 21.5. The second-order valence-electron chi connectivity index (χ2n) is 7.19. The van der Waals surface area contributed by atoms with Crippen molar-refractivity contribution >= 4 is 34.4 Å². The Balaban J connectivity index is 1.75. The molecular weight excluding hydrogens is 408 g/mol. The highest BCUT2D eigenvalue weighted by molar-refractivity contribution is 6.29. The molecule has 1 aliphatic heterocycles. The van der Waals surface area contributed by atoms with Crippen LogP contribution in [0.3, 0.4) is 0 Å². The number of rotatable bonds is 9. The molecule has 3 rings (SSSR count). The number of amides is 1. The van der Waals surface area contributed by atoms with Gasteiger partial charge in [0.15, 0.2) is 5.82 Å². The van der Waals surface area contributed by atoms with E-state index in [9.17, 15) is 9.59 Å². The fourth-order valence-electron chi connectivity index (χ4n) is 3.44. The third-order valence-corrected chi connectivity index (χ3v) is 5.39. The molecule has 1 fully saturated rings. The minimum Gasteiger partial charge on any atom is -0.380 e. The number of anilines is 1. The lowest BCUT2D eigenvalue weighted by molar-refractivity contribution is -0.131. The van der Waals surface area contributed by atoms with Crippen molar-refractivity contribution in [3.63, 3.8) is 0 Å². The molecule has 0 spiro atoms. The van der Waals surface area contributed by atoms with E-state index in [1.165, 1.54) is 6.20 Å². The van der Waals surface area contributed by atoms with Gasteiger partial charge in [-0.2, -0.15) is 0 Å². The topological polar surface area (TPSA) is 92.6 Å². The van der Waals surface area contributed by atoms with Gasteiger partial charge in [0.1, 0.15) is 10.7 Å². The Morgan fingerprint density at radius 3 is 2.70 bits per heavy atom. The molecule has 0 aliphatic carbocycles. The minimum atomic E-state index is -0.312. The van der Waals surface area contributed by atoms with Crippen LogP contribution in [0.5, 0.6) is 0 Å². The summed E-state index contributed by atoms with van der Waals surface area (Å²) in [4.78, 5) is 38.2. The van der Waals surface area contributed by atoms with Gasteiger partial charge in [0, 0.05) is 45.4 Å². The van der Waals surface area contributed by atoms with Crippen molar-refractivity contribution in [3.8, 4) is 0 Å². The van der Waals surface area contributed by atoms with Gasteiger partial charge in [0.25, 0.3) is 5.56 Å². The number of likely N-dealkylation sites (N-methyl/N-ethyl adjacent to an activating group) is 1. The summed E-state index contributed by atoms with van der Waals surface area (Å²) in [5.74, 6) is 0.0850. The number of pyridine rings is 1. The summed E-state index contributed by atoms with van der Waals surface area (Å²) in [5.41, 5.74) is 0.808. The number of fused-ring (bicyclic) bond motifs is 1. The molecule has 0 saturated carbocycles. The molecule has 2 aromatic rings. The van der Waals surface area contributed by atoms with E-state index in [0.717, 1.165) is 26.1 Å². The number of halogens is 1. The highest BCUT2D eigenvalue weighted by Gasteiger charge is 2.20. The maximum Gasteiger partial charge on any atom is 0.293 e. The van der Waals surface area contributed by atoms with Crippen LogP contribution < -0.4 is 10.9 Å². The van der Waals surface area contributed by atoms with Crippen LogP contribution in [0.1, 0.15) is 20.3 Å². The number of ether oxygens (including phenoxy) is 1. The van der Waals surface area contributed by atoms with Gasteiger partial charge in [-0.3, -0.25) is 9.59 Å². The third kappa shape index (κ3) is 5.47. The van der Waals surface area contributed by atoms with Crippen LogP contribution in [0.25, 0.3) is 11.0 Å². The van der Waals surface area contributed by atoms with Crippen LogP contribution >= 0.6 is 11.6 Å². The Morgan fingerprint density at radius 1 is 1.23 bits per heavy atom. The standard InChI is InChI=1S/C20H29ClN6O3/c1-3-10-30-11-9-27-16-12-17(21)22-13-15(16)24-19(20(27)29)23-14-18(28)26-7-5-25(4-2)6-8-26/h12-13H,3-11,14H2,1-2H3,(H,23,24). The van der Waals surface area contributed by atoms with Crippen molar-refractivity contribution in [3.05, 3.63) is 27.8 Å². The van der Waals surface area contributed by atoms with Crippen LogP contribution in [0.4, 0.5) is 5.82 Å². The first kappa shape index (κ1) is 22.5. The minimum absolute atomic E-state index is 0.0211. The molecule has 0 unspecified atom stereocenters. The van der Waals surface area contributed by atoms with Crippen LogP contribution in [0.15, 0.2) is 17.1 Å². The van der Waals surface area contributed by atoms with Crippen LogP contribution in [0, 0.1) is 0 Å². The first-order valence-electron chi connectivity index (χ1n) is 10.4. The fraction of sp³-hybridized carbons (Fsp3) is 0.600. The molecule has 0 atom stereocenters. The molecule has 1 amide bonds. The maximum atomic E-state index is 13.0. The smallest absolute Gasteiger partial charge is 0.293 e. The first-order chi connectivity index (χ1) is 14.5. The third-order valence-electron chi connectivity index (χ3n) is 5.19. The van der Waals surface area contributed by atoms with Crippen molar-refractivity contribution in [2.24, 2.45) is 0 Å². The maximum absolute atomic E-state index is 13.0. The summed E-state index contributed by atoms with van der Waals surface area (Å²) >= 11 is 6.02. The van der Waals surface area contributed by atoms with E-state index in [2.05, 4.69) is 27.1 Å². The zero-order valence-corrected chi connectivity index (χ0v) is 18.3.